The van der Waals surface area contributed by atoms with E-state index < -0.39 is 299 Å². The first kappa shape index (κ1) is 82.8. The summed E-state index contributed by atoms with van der Waals surface area (Å²) in [7, 11) is 0. The van der Waals surface area contributed by atoms with E-state index in [1.54, 1.807) is 0 Å². The Morgan fingerprint density at radius 3 is 1.58 bits per heavy atom. The summed E-state index contributed by atoms with van der Waals surface area (Å²) in [4.78, 5) is 30.1. The van der Waals surface area contributed by atoms with Crippen molar-refractivity contribution in [3.05, 3.63) is 11.6 Å². The van der Waals surface area contributed by atoms with Crippen LogP contribution in [0.5, 0.6) is 0 Å². The van der Waals surface area contributed by atoms with Gasteiger partial charge in [-0.15, -0.1) is 0 Å². The van der Waals surface area contributed by atoms with Gasteiger partial charge in [0.25, 0.3) is 0 Å². The summed E-state index contributed by atoms with van der Waals surface area (Å²) in [5.74, 6) is -3.75. The fraction of sp³-hybridized carbons (Fsp3) is 0.942. The first-order chi connectivity index (χ1) is 49.7. The van der Waals surface area contributed by atoms with Gasteiger partial charge in [0.05, 0.1) is 69.3 Å². The Morgan fingerprint density at radius 2 is 1.00 bits per heavy atom. The van der Waals surface area contributed by atoms with Crippen molar-refractivity contribution in [3.8, 4) is 0 Å². The summed E-state index contributed by atoms with van der Waals surface area (Å²) >= 11 is 0. The maximum absolute atomic E-state index is 15.7. The molecule has 0 radical (unpaired) electrons. The molecule has 3 unspecified atom stereocenters. The number of carboxylic acid groups (broad SMARTS) is 1. The Balaban J connectivity index is 0.795. The number of rotatable bonds is 19. The van der Waals surface area contributed by atoms with Gasteiger partial charge in [-0.05, 0) is 111 Å². The van der Waals surface area contributed by atoms with Gasteiger partial charge in [-0.1, -0.05) is 46.3 Å². The second-order valence-corrected chi connectivity index (χ2v) is 33.4. The smallest absolute Gasteiger partial charge is 0.315 e. The molecule has 7 saturated heterocycles. The van der Waals surface area contributed by atoms with E-state index in [4.69, 9.17) is 66.3 Å². The van der Waals surface area contributed by atoms with Gasteiger partial charge < -0.3 is 174 Å². The van der Waals surface area contributed by atoms with Crippen LogP contribution < -0.4 is 0 Å². The van der Waals surface area contributed by atoms with Gasteiger partial charge in [-0.3, -0.25) is 9.59 Å². The molecule has 5 aliphatic carbocycles. The molecule has 7 heterocycles. The lowest BCUT2D eigenvalue weighted by Gasteiger charge is -2.71. The van der Waals surface area contributed by atoms with Crippen LogP contribution in [0.15, 0.2) is 11.6 Å². The highest BCUT2D eigenvalue weighted by Crippen LogP contribution is 2.76. The first-order valence-corrected chi connectivity index (χ1v) is 36.7. The van der Waals surface area contributed by atoms with Crippen molar-refractivity contribution in [2.45, 2.75) is 308 Å². The second kappa shape index (κ2) is 30.9. The summed E-state index contributed by atoms with van der Waals surface area (Å²) in [5, 5.41) is 231. The lowest BCUT2D eigenvalue weighted by Crippen LogP contribution is -2.71. The molecule has 7 aliphatic heterocycles. The SMILES string of the molecule is C[C@@H]1OC(O[C@H]2[C@H](OC(=O)[C@]34CCC(C)(C)C[C@H]3C3=CCC5[C@@]6(C)C[C@H](O)[C@H](O[C@@H]7O[C@H](CO)[C@@H](O)[C@H](O)[C@H]7O[C@@H]7O[C@H](CO)[C@@H](O)[C@H](O)[C@H]7O[C@@H]7O[C@H](CO)[C@@H](O)[C@H](O)[C@H]7O)[C@@](C)(C(=O)O)C6CC[C@@]5(C)[C@]3(C)CC4)OC[C@H](O)[C@@H]2O)[C@H](O)[C@H](O[C@@H]2OC[C@](O)(CO)[C@H]2O)[C@H]1O[C@@H]1OC[C@@H](O)[C@H](O)[C@H]1O. The summed E-state index contributed by atoms with van der Waals surface area (Å²) in [6.07, 6.45) is -53.1. The number of fused-ring (bicyclic) bond motifs is 7. The lowest BCUT2D eigenvalue weighted by atomic mass is 9.33. The van der Waals surface area contributed by atoms with Crippen molar-refractivity contribution in [1.29, 1.82) is 0 Å². The zero-order valence-corrected chi connectivity index (χ0v) is 60.0. The van der Waals surface area contributed by atoms with Gasteiger partial charge >= 0.3 is 11.9 Å². The molecule has 37 nitrogen and oxygen atoms in total. The number of esters is 1. The van der Waals surface area contributed by atoms with Crippen molar-refractivity contribution in [3.63, 3.8) is 0 Å². The Labute approximate surface area is 609 Å². The molecule has 4 saturated carbocycles. The van der Waals surface area contributed by atoms with E-state index in [0.717, 1.165) is 5.57 Å². The van der Waals surface area contributed by atoms with Crippen molar-refractivity contribution in [2.24, 2.45) is 50.2 Å². The second-order valence-electron chi connectivity index (χ2n) is 33.4. The minimum atomic E-state index is -2.21. The number of carboxylic acids is 1. The first-order valence-electron chi connectivity index (χ1n) is 36.7. The van der Waals surface area contributed by atoms with Crippen LogP contribution in [0.3, 0.4) is 0 Å². The predicted molar refractivity (Wildman–Crippen MR) is 345 cm³/mol. The highest BCUT2D eigenvalue weighted by molar-refractivity contribution is 5.79. The van der Waals surface area contributed by atoms with Crippen LogP contribution >= 0.6 is 0 Å². The monoisotopic (exact) mass is 1530 g/mol. The number of carbonyl (C=O) groups excluding carboxylic acids is 1. The molecule has 0 aromatic heterocycles. The highest BCUT2D eigenvalue weighted by Gasteiger charge is 2.74. The number of aliphatic hydroxyl groups is 20. The van der Waals surface area contributed by atoms with Crippen LogP contribution in [-0.4, -0.2) is 368 Å². The molecular weight excluding hydrogens is 1420 g/mol. The molecule has 11 fully saturated rings. The van der Waals surface area contributed by atoms with Crippen molar-refractivity contribution < 1.29 is 183 Å². The third-order valence-electron chi connectivity index (χ3n) is 26.8. The average Bonchev–Trinajstić information content (AvgIpc) is 0.782. The molecule has 106 heavy (non-hydrogen) atoms. The molecule has 12 rings (SSSR count). The third-order valence-corrected chi connectivity index (χ3v) is 26.8. The van der Waals surface area contributed by atoms with Crippen LogP contribution in [0.1, 0.15) is 106 Å². The van der Waals surface area contributed by atoms with Gasteiger partial charge in [0.15, 0.2) is 43.8 Å². The molecular formula is C69H110O37. The number of allylic oxidation sites excluding steroid dienone is 2. The molecule has 0 aromatic rings. The Bertz CT molecular complexity index is 3080. The summed E-state index contributed by atoms with van der Waals surface area (Å²) in [6, 6.07) is 0. The van der Waals surface area contributed by atoms with Crippen LogP contribution in [-0.2, 0) is 75.9 Å². The van der Waals surface area contributed by atoms with E-state index in [9.17, 15) is 112 Å². The van der Waals surface area contributed by atoms with Crippen molar-refractivity contribution in [1.82, 2.24) is 0 Å². The van der Waals surface area contributed by atoms with Gasteiger partial charge in [-0.2, -0.15) is 0 Å². The average molecular weight is 1530 g/mol. The molecule has 37 heteroatoms. The van der Waals surface area contributed by atoms with E-state index in [1.807, 2.05) is 6.92 Å². The Hall–Kier alpha value is -2.64. The van der Waals surface area contributed by atoms with Crippen molar-refractivity contribution >= 4 is 11.9 Å². The largest absolute Gasteiger partial charge is 0.481 e. The standard InChI is InChI=1S/C69H110O37/c1-25-47(100-54-44(85)36(77)29(75)21-93-54)48(101-60-52(88)69(92,23-73)24-95-60)46(87)56(96-25)102-49-37(78)30(76)22-94-57(49)106-62(91)68-14-12-63(2,3)16-27(68)26-8-9-34-64(4)17-28(74)53(67(7,61(89)90)35(64)10-11-66(34,6)65(26,5)13-15-68)105-59-51(43(84)40(81)33(20-72)99-59)104-58-50(42(83)39(80)32(19-71)98-58)103-55-45(86)41(82)38(79)31(18-70)97-55/h8,25,27-60,70-88,92H,9-24H2,1-7H3,(H,89,90)/t25-,27-,28-,29+,30-,31+,32+,33+,34?,35?,36-,37-,38+,39+,40+,41-,42-,43-,44+,45+,46+,47-,48-,49+,50+,51+,52-,53-,54-,55-,56?,57-,58-,59-,60-,64+,65+,66+,67-,68-,69+/m0/s1. The van der Waals surface area contributed by atoms with E-state index in [-0.39, 0.29) is 30.6 Å². The minimum Gasteiger partial charge on any atom is -0.481 e. The van der Waals surface area contributed by atoms with E-state index in [2.05, 4.69) is 33.8 Å². The molecule has 0 bridgehead atoms. The number of hydrogen-bond donors (Lipinski definition) is 21. The van der Waals surface area contributed by atoms with Gasteiger partial charge in [0.2, 0.25) is 6.29 Å². The maximum atomic E-state index is 15.7. The van der Waals surface area contributed by atoms with Gasteiger partial charge in [0.1, 0.15) is 140 Å². The van der Waals surface area contributed by atoms with E-state index in [1.165, 1.54) is 13.8 Å². The molecule has 0 spiro atoms. The number of ether oxygens (including phenoxy) is 14. The summed E-state index contributed by atoms with van der Waals surface area (Å²) in [5.41, 5.74) is -7.23. The van der Waals surface area contributed by atoms with Crippen LogP contribution in [0, 0.1) is 50.2 Å². The normalized spacial score (nSPS) is 54.6. The zero-order chi connectivity index (χ0) is 77.4. The molecule has 41 atom stereocenters. The molecule has 12 aliphatic rings. The molecule has 0 aromatic carbocycles. The van der Waals surface area contributed by atoms with Crippen LogP contribution in [0.25, 0.3) is 0 Å². The van der Waals surface area contributed by atoms with Crippen molar-refractivity contribution in [2.75, 3.05) is 46.2 Å². The van der Waals surface area contributed by atoms with E-state index >= 15 is 4.79 Å². The van der Waals surface area contributed by atoms with Gasteiger partial charge in [-0.25, -0.2) is 0 Å². The fourth-order valence-electron chi connectivity index (χ4n) is 20.1. The van der Waals surface area contributed by atoms with E-state index in [0.29, 0.717) is 38.5 Å². The van der Waals surface area contributed by atoms with Gasteiger partial charge in [0, 0.05) is 0 Å². The van der Waals surface area contributed by atoms with Crippen LogP contribution in [0.4, 0.5) is 0 Å². The number of aliphatic carboxylic acids is 1. The summed E-state index contributed by atoms with van der Waals surface area (Å²) < 4.78 is 84.1. The molecule has 0 amide bonds. The third kappa shape index (κ3) is 14.0. The molecule has 608 valence electrons. The van der Waals surface area contributed by atoms with Crippen LogP contribution in [0.2, 0.25) is 0 Å². The zero-order valence-electron chi connectivity index (χ0n) is 60.0. The predicted octanol–water partition coefficient (Wildman–Crippen LogP) is -7.58. The summed E-state index contributed by atoms with van der Waals surface area (Å²) in [6.45, 7) is 7.91. The Kier molecular flexibility index (Phi) is 24.2. The maximum Gasteiger partial charge on any atom is 0.315 e. The topological polar surface area (TPSA) is 588 Å². The minimum absolute atomic E-state index is 0.0777. The highest BCUT2D eigenvalue weighted by atomic mass is 16.8. The lowest BCUT2D eigenvalue weighted by molar-refractivity contribution is -0.400. The number of aliphatic hydroxyl groups excluding tert-OH is 19. The molecule has 21 N–H and O–H groups in total. The number of hydrogen-bond acceptors (Lipinski definition) is 36. The quantitative estimate of drug-likeness (QED) is 0.0324. The Morgan fingerprint density at radius 1 is 0.491 bits per heavy atom. The number of carbonyl (C=O) groups is 2. The fourth-order valence-corrected chi connectivity index (χ4v) is 20.1.